The highest BCUT2D eigenvalue weighted by atomic mass is 35.5. The van der Waals surface area contributed by atoms with E-state index in [1.807, 2.05) is 11.5 Å². The number of ether oxygens (including phenoxy) is 2. The summed E-state index contributed by atoms with van der Waals surface area (Å²) in [6.07, 6.45) is 2.31. The fraction of sp³-hybridized carbons (Fsp3) is 0.350. The van der Waals surface area contributed by atoms with E-state index < -0.39 is 5.54 Å². The highest BCUT2D eigenvalue weighted by molar-refractivity contribution is 6.37. The Bertz CT molecular complexity index is 1170. The van der Waals surface area contributed by atoms with Crippen molar-refractivity contribution in [2.75, 3.05) is 19.0 Å². The molecule has 0 saturated carbocycles. The largest absolute Gasteiger partial charge is 0.492 e. The Balaban J connectivity index is 1.91. The van der Waals surface area contributed by atoms with Crippen LogP contribution in [-0.2, 0) is 12.0 Å². The predicted octanol–water partition coefficient (Wildman–Crippen LogP) is 4.55. The number of nitrogens with zero attached hydrogens (tertiary/aromatic N) is 4. The standard InChI is InChI=1S/C20H19Cl2N5O2/c1-9-25-26-19-20(2,3)24-15-11-5-6-29-17(11)13(14(22)16(15)27(9)19)12-7-10(21)8-23-18(12)28-4/h7-8,24H,5-6H2,1-4H3. The van der Waals surface area contributed by atoms with Gasteiger partial charge in [-0.05, 0) is 26.8 Å². The van der Waals surface area contributed by atoms with Gasteiger partial charge in [-0.25, -0.2) is 4.98 Å². The van der Waals surface area contributed by atoms with Crippen molar-refractivity contribution in [3.05, 3.63) is 39.5 Å². The van der Waals surface area contributed by atoms with Crippen molar-refractivity contribution in [2.45, 2.75) is 32.7 Å². The Morgan fingerprint density at radius 2 is 2.07 bits per heavy atom. The van der Waals surface area contributed by atoms with Gasteiger partial charge < -0.3 is 14.8 Å². The number of anilines is 1. The first-order valence-electron chi connectivity index (χ1n) is 9.25. The maximum atomic E-state index is 7.05. The molecule has 0 spiro atoms. The van der Waals surface area contributed by atoms with E-state index in [9.17, 15) is 0 Å². The molecule has 2 aliphatic rings. The summed E-state index contributed by atoms with van der Waals surface area (Å²) in [4.78, 5) is 4.31. The Hall–Kier alpha value is -2.51. The van der Waals surface area contributed by atoms with E-state index in [-0.39, 0.29) is 0 Å². The SMILES string of the molecule is COc1ncc(Cl)cc1-c1c(Cl)c2c(c3c1OCC3)NC(C)(C)c1nnc(C)n1-2. The number of nitrogens with one attached hydrogen (secondary N) is 1. The van der Waals surface area contributed by atoms with E-state index >= 15 is 0 Å². The number of hydrogen-bond acceptors (Lipinski definition) is 6. The molecule has 1 N–H and O–H groups in total. The van der Waals surface area contributed by atoms with E-state index in [4.69, 9.17) is 32.7 Å². The van der Waals surface area contributed by atoms with Crippen molar-refractivity contribution in [1.29, 1.82) is 0 Å². The van der Waals surface area contributed by atoms with Gasteiger partial charge in [-0.2, -0.15) is 0 Å². The molecule has 2 aliphatic heterocycles. The molecule has 29 heavy (non-hydrogen) atoms. The molecule has 0 radical (unpaired) electrons. The first-order chi connectivity index (χ1) is 13.8. The lowest BCUT2D eigenvalue weighted by Gasteiger charge is -2.36. The number of hydrogen-bond donors (Lipinski definition) is 1. The third-order valence-electron chi connectivity index (χ3n) is 5.39. The van der Waals surface area contributed by atoms with Gasteiger partial charge in [0.1, 0.15) is 11.6 Å². The summed E-state index contributed by atoms with van der Waals surface area (Å²) in [6.45, 7) is 6.64. The minimum absolute atomic E-state index is 0.412. The Labute approximate surface area is 178 Å². The molecule has 1 aromatic carbocycles. The lowest BCUT2D eigenvalue weighted by Crippen LogP contribution is -2.36. The summed E-state index contributed by atoms with van der Waals surface area (Å²) in [5, 5.41) is 13.3. The van der Waals surface area contributed by atoms with Crippen LogP contribution in [0, 0.1) is 6.92 Å². The summed E-state index contributed by atoms with van der Waals surface area (Å²) >= 11 is 13.3. The zero-order valence-corrected chi connectivity index (χ0v) is 17.9. The van der Waals surface area contributed by atoms with Crippen LogP contribution in [0.3, 0.4) is 0 Å². The number of aryl methyl sites for hydroxylation is 1. The Morgan fingerprint density at radius 1 is 1.28 bits per heavy atom. The molecule has 0 fully saturated rings. The lowest BCUT2D eigenvalue weighted by molar-refractivity contribution is 0.357. The van der Waals surface area contributed by atoms with Crippen LogP contribution >= 0.6 is 23.2 Å². The first-order valence-corrected chi connectivity index (χ1v) is 10.0. The topological polar surface area (TPSA) is 74.1 Å². The predicted molar refractivity (Wildman–Crippen MR) is 112 cm³/mol. The van der Waals surface area contributed by atoms with Crippen LogP contribution in [-0.4, -0.2) is 33.5 Å². The molecule has 7 nitrogen and oxygen atoms in total. The van der Waals surface area contributed by atoms with Crippen molar-refractivity contribution in [3.8, 4) is 28.4 Å². The van der Waals surface area contributed by atoms with Gasteiger partial charge in [0.05, 0.1) is 51.8 Å². The van der Waals surface area contributed by atoms with Crippen LogP contribution in [0.15, 0.2) is 12.3 Å². The van der Waals surface area contributed by atoms with Gasteiger partial charge in [0.25, 0.3) is 0 Å². The van der Waals surface area contributed by atoms with Gasteiger partial charge in [0.2, 0.25) is 5.88 Å². The van der Waals surface area contributed by atoms with Gasteiger partial charge >= 0.3 is 0 Å². The minimum Gasteiger partial charge on any atom is -0.492 e. The van der Waals surface area contributed by atoms with Crippen LogP contribution < -0.4 is 14.8 Å². The van der Waals surface area contributed by atoms with Crippen molar-refractivity contribution in [3.63, 3.8) is 0 Å². The maximum Gasteiger partial charge on any atom is 0.221 e. The van der Waals surface area contributed by atoms with Crippen LogP contribution in [0.2, 0.25) is 10.0 Å². The fourth-order valence-electron chi connectivity index (χ4n) is 4.14. The zero-order valence-electron chi connectivity index (χ0n) is 16.4. The third-order valence-corrected chi connectivity index (χ3v) is 5.97. The normalized spacial score (nSPS) is 15.8. The molecule has 9 heteroatoms. The van der Waals surface area contributed by atoms with Gasteiger partial charge in [0, 0.05) is 18.2 Å². The molecule has 0 amide bonds. The Kier molecular flexibility index (Phi) is 3.98. The van der Waals surface area contributed by atoms with Crippen molar-refractivity contribution in [1.82, 2.24) is 19.7 Å². The number of benzene rings is 1. The van der Waals surface area contributed by atoms with Crippen molar-refractivity contribution < 1.29 is 9.47 Å². The van der Waals surface area contributed by atoms with E-state index in [0.717, 1.165) is 40.8 Å². The highest BCUT2D eigenvalue weighted by Crippen LogP contribution is 2.54. The molecule has 150 valence electrons. The first kappa shape index (κ1) is 18.5. The zero-order chi connectivity index (χ0) is 20.5. The molecule has 3 aromatic rings. The number of methoxy groups -OCH3 is 1. The van der Waals surface area contributed by atoms with Crippen LogP contribution in [0.4, 0.5) is 5.69 Å². The summed E-state index contributed by atoms with van der Waals surface area (Å²) < 4.78 is 13.6. The molecule has 0 saturated heterocycles. The fourth-order valence-corrected chi connectivity index (χ4v) is 4.67. The van der Waals surface area contributed by atoms with Crippen LogP contribution in [0.5, 0.6) is 11.6 Å². The average Bonchev–Trinajstić information content (AvgIpc) is 3.30. The quantitative estimate of drug-likeness (QED) is 0.641. The number of pyridine rings is 1. The van der Waals surface area contributed by atoms with E-state index in [1.54, 1.807) is 19.4 Å². The molecular formula is C20H19Cl2N5O2. The van der Waals surface area contributed by atoms with Gasteiger partial charge in [-0.1, -0.05) is 23.2 Å². The minimum atomic E-state index is -0.412. The van der Waals surface area contributed by atoms with E-state index in [0.29, 0.717) is 33.7 Å². The lowest BCUT2D eigenvalue weighted by atomic mass is 9.93. The molecule has 0 aliphatic carbocycles. The summed E-state index contributed by atoms with van der Waals surface area (Å²) in [5.74, 6) is 2.72. The van der Waals surface area contributed by atoms with Gasteiger partial charge in [-0.15, -0.1) is 10.2 Å². The second kappa shape index (κ2) is 6.24. The molecule has 2 aromatic heterocycles. The summed E-state index contributed by atoms with van der Waals surface area (Å²) in [5.41, 5.74) is 3.80. The second-order valence-electron chi connectivity index (χ2n) is 7.69. The molecule has 5 rings (SSSR count). The van der Waals surface area contributed by atoms with E-state index in [1.165, 1.54) is 0 Å². The van der Waals surface area contributed by atoms with Gasteiger partial charge in [-0.3, -0.25) is 4.57 Å². The molecule has 0 atom stereocenters. The summed E-state index contributed by atoms with van der Waals surface area (Å²) in [6, 6.07) is 1.79. The van der Waals surface area contributed by atoms with E-state index in [2.05, 4.69) is 34.3 Å². The average molecular weight is 432 g/mol. The number of rotatable bonds is 2. The monoisotopic (exact) mass is 431 g/mol. The molecule has 0 unspecified atom stereocenters. The number of halogens is 2. The Morgan fingerprint density at radius 3 is 2.83 bits per heavy atom. The maximum absolute atomic E-state index is 7.05. The highest BCUT2D eigenvalue weighted by Gasteiger charge is 2.40. The summed E-state index contributed by atoms with van der Waals surface area (Å²) in [7, 11) is 1.57. The molecule has 0 bridgehead atoms. The third kappa shape index (κ3) is 2.53. The molecule has 4 heterocycles. The van der Waals surface area contributed by atoms with Crippen molar-refractivity contribution >= 4 is 28.9 Å². The van der Waals surface area contributed by atoms with Gasteiger partial charge in [0.15, 0.2) is 5.82 Å². The van der Waals surface area contributed by atoms with Crippen molar-refractivity contribution in [2.24, 2.45) is 0 Å². The smallest absolute Gasteiger partial charge is 0.221 e. The number of fused-ring (bicyclic) bond motifs is 5. The number of aromatic nitrogens is 4. The van der Waals surface area contributed by atoms with Crippen LogP contribution in [0.25, 0.3) is 16.8 Å². The van der Waals surface area contributed by atoms with Crippen LogP contribution in [0.1, 0.15) is 31.1 Å². The molecular weight excluding hydrogens is 413 g/mol. The second-order valence-corrected chi connectivity index (χ2v) is 8.50.